The second kappa shape index (κ2) is 8.59. The van der Waals surface area contributed by atoms with E-state index in [0.29, 0.717) is 5.41 Å². The average Bonchev–Trinajstić information content (AvgIpc) is 2.53. The molecule has 154 valence electrons. The Balaban J connectivity index is 5.72. The molecule has 0 aromatic rings. The second-order valence-corrected chi connectivity index (χ2v) is 10.5. The van der Waals surface area contributed by atoms with E-state index in [1.165, 1.54) is 13.3 Å². The van der Waals surface area contributed by atoms with Crippen molar-refractivity contribution in [2.45, 2.75) is 114 Å². The molecule has 2 heteroatoms. The lowest BCUT2D eigenvalue weighted by molar-refractivity contribution is -0.153. The minimum Gasteiger partial charge on any atom is -0.382 e. The Morgan fingerprint density at radius 2 is 1.38 bits per heavy atom. The van der Waals surface area contributed by atoms with Crippen molar-refractivity contribution in [3.63, 3.8) is 0 Å². The smallest absolute Gasteiger partial charge is 0.161 e. The van der Waals surface area contributed by atoms with Gasteiger partial charge in [-0.15, -0.1) is 0 Å². The highest BCUT2D eigenvalue weighted by Crippen LogP contribution is 2.53. The van der Waals surface area contributed by atoms with Crippen molar-refractivity contribution in [2.24, 2.45) is 21.7 Å². The molecule has 0 aliphatic rings. The summed E-state index contributed by atoms with van der Waals surface area (Å²) in [6.07, 6.45) is 9.59. The highest BCUT2D eigenvalue weighted by molar-refractivity contribution is 5.85. The molecule has 0 aliphatic heterocycles. The van der Waals surface area contributed by atoms with Crippen LogP contribution < -0.4 is 0 Å². The zero-order valence-electron chi connectivity index (χ0n) is 19.5. The largest absolute Gasteiger partial charge is 0.382 e. The molecule has 0 rings (SSSR count). The topological polar surface area (TPSA) is 37.3 Å². The van der Waals surface area contributed by atoms with Gasteiger partial charge in [0.05, 0.1) is 0 Å². The lowest BCUT2D eigenvalue weighted by Gasteiger charge is -2.51. The summed E-state index contributed by atoms with van der Waals surface area (Å²) in [6.45, 7) is 23.3. The molecule has 3 atom stereocenters. The number of allylic oxidation sites excluding steroid dienone is 2. The normalized spacial score (nSPS) is 20.5. The van der Waals surface area contributed by atoms with Crippen LogP contribution in [0.1, 0.15) is 108 Å². The molecule has 0 amide bonds. The molecular formula is C24H46O2. The molecule has 2 nitrogen and oxygen atoms in total. The van der Waals surface area contributed by atoms with Crippen LogP contribution in [0, 0.1) is 21.7 Å². The van der Waals surface area contributed by atoms with Crippen molar-refractivity contribution in [1.82, 2.24) is 0 Å². The van der Waals surface area contributed by atoms with Crippen molar-refractivity contribution in [2.75, 3.05) is 0 Å². The van der Waals surface area contributed by atoms with E-state index in [0.717, 1.165) is 25.7 Å². The third kappa shape index (κ3) is 5.44. The van der Waals surface area contributed by atoms with Crippen LogP contribution in [0.4, 0.5) is 0 Å². The van der Waals surface area contributed by atoms with E-state index in [-0.39, 0.29) is 16.6 Å². The van der Waals surface area contributed by atoms with Crippen LogP contribution in [-0.2, 0) is 4.79 Å². The first-order valence-corrected chi connectivity index (χ1v) is 10.5. The number of carbonyl (C=O) groups is 1. The van der Waals surface area contributed by atoms with Crippen LogP contribution in [0.25, 0.3) is 0 Å². The predicted molar refractivity (Wildman–Crippen MR) is 114 cm³/mol. The molecule has 0 aromatic heterocycles. The van der Waals surface area contributed by atoms with E-state index in [4.69, 9.17) is 0 Å². The van der Waals surface area contributed by atoms with Gasteiger partial charge in [0.15, 0.2) is 5.78 Å². The van der Waals surface area contributed by atoms with Crippen molar-refractivity contribution < 1.29 is 9.90 Å². The fourth-order valence-electron chi connectivity index (χ4n) is 3.85. The molecule has 0 saturated carbocycles. The van der Waals surface area contributed by atoms with E-state index in [2.05, 4.69) is 74.5 Å². The van der Waals surface area contributed by atoms with Gasteiger partial charge in [-0.05, 0) is 55.8 Å². The zero-order valence-corrected chi connectivity index (χ0v) is 19.5. The van der Waals surface area contributed by atoms with Gasteiger partial charge in [0.1, 0.15) is 5.60 Å². The molecule has 3 unspecified atom stereocenters. The molecule has 0 heterocycles. The van der Waals surface area contributed by atoms with E-state index >= 15 is 0 Å². The van der Waals surface area contributed by atoms with Gasteiger partial charge in [0, 0.05) is 5.41 Å². The Hall–Kier alpha value is -0.630. The van der Waals surface area contributed by atoms with Gasteiger partial charge in [-0.1, -0.05) is 80.9 Å². The maximum absolute atomic E-state index is 12.1. The third-order valence-electron chi connectivity index (χ3n) is 7.87. The Morgan fingerprint density at radius 1 is 0.885 bits per heavy atom. The van der Waals surface area contributed by atoms with Gasteiger partial charge in [0.25, 0.3) is 0 Å². The van der Waals surface area contributed by atoms with Crippen molar-refractivity contribution in [3.05, 3.63) is 12.2 Å². The van der Waals surface area contributed by atoms with Crippen molar-refractivity contribution in [3.8, 4) is 0 Å². The van der Waals surface area contributed by atoms with Gasteiger partial charge < -0.3 is 5.11 Å². The summed E-state index contributed by atoms with van der Waals surface area (Å²) in [5.74, 6) is -0.143. The summed E-state index contributed by atoms with van der Waals surface area (Å²) in [4.78, 5) is 12.1. The van der Waals surface area contributed by atoms with Crippen molar-refractivity contribution in [1.29, 1.82) is 0 Å². The maximum Gasteiger partial charge on any atom is 0.161 e. The standard InChI is InChI=1S/C24H46O2/c1-12-20(5,6)16-15-17-22(9,13-2)21(7,8)18-23(10,14-3)24(11,26)19(4)25/h15,17,26H,12-14,16,18H2,1-11H3. The molecule has 0 bridgehead atoms. The van der Waals surface area contributed by atoms with Gasteiger partial charge in [-0.25, -0.2) is 0 Å². The molecule has 0 saturated heterocycles. The summed E-state index contributed by atoms with van der Waals surface area (Å²) < 4.78 is 0. The summed E-state index contributed by atoms with van der Waals surface area (Å²) in [5.41, 5.74) is -1.46. The van der Waals surface area contributed by atoms with Gasteiger partial charge in [-0.2, -0.15) is 0 Å². The lowest BCUT2D eigenvalue weighted by Crippen LogP contribution is -2.52. The maximum atomic E-state index is 12.1. The Bertz CT molecular complexity index is 498. The predicted octanol–water partition coefficient (Wildman–Crippen LogP) is 6.96. The Kier molecular flexibility index (Phi) is 8.38. The molecular weight excluding hydrogens is 320 g/mol. The number of ketones is 1. The average molecular weight is 367 g/mol. The first kappa shape index (κ1) is 25.4. The molecule has 0 aromatic carbocycles. The highest BCUT2D eigenvalue weighted by Gasteiger charge is 2.51. The highest BCUT2D eigenvalue weighted by atomic mass is 16.3. The number of aliphatic hydroxyl groups is 1. The minimum absolute atomic E-state index is 0.0140. The monoisotopic (exact) mass is 366 g/mol. The fraction of sp³-hybridized carbons (Fsp3) is 0.875. The van der Waals surface area contributed by atoms with Crippen LogP contribution in [0.3, 0.4) is 0 Å². The van der Waals surface area contributed by atoms with Crippen LogP contribution in [0.5, 0.6) is 0 Å². The number of Topliss-reactive ketones (excluding diaryl/α,β-unsaturated/α-hetero) is 1. The Labute approximate surface area is 163 Å². The summed E-state index contributed by atoms with van der Waals surface area (Å²) in [5, 5.41) is 11.0. The van der Waals surface area contributed by atoms with Crippen molar-refractivity contribution >= 4 is 5.78 Å². The van der Waals surface area contributed by atoms with E-state index in [1.54, 1.807) is 6.92 Å². The zero-order chi connectivity index (χ0) is 21.0. The molecule has 0 radical (unpaired) electrons. The van der Waals surface area contributed by atoms with E-state index in [1.807, 2.05) is 0 Å². The summed E-state index contributed by atoms with van der Waals surface area (Å²) in [6, 6.07) is 0. The molecule has 0 fully saturated rings. The molecule has 26 heavy (non-hydrogen) atoms. The van der Waals surface area contributed by atoms with Crippen LogP contribution in [-0.4, -0.2) is 16.5 Å². The van der Waals surface area contributed by atoms with E-state index < -0.39 is 11.0 Å². The Morgan fingerprint density at radius 3 is 1.73 bits per heavy atom. The van der Waals surface area contributed by atoms with Crippen LogP contribution in [0.15, 0.2) is 12.2 Å². The summed E-state index contributed by atoms with van der Waals surface area (Å²) >= 11 is 0. The van der Waals surface area contributed by atoms with Crippen LogP contribution in [0.2, 0.25) is 0 Å². The number of hydrogen-bond donors (Lipinski definition) is 1. The van der Waals surface area contributed by atoms with Gasteiger partial charge >= 0.3 is 0 Å². The molecule has 1 N–H and O–H groups in total. The first-order valence-electron chi connectivity index (χ1n) is 10.5. The first-order chi connectivity index (χ1) is 11.5. The number of hydrogen-bond acceptors (Lipinski definition) is 2. The third-order valence-corrected chi connectivity index (χ3v) is 7.87. The fourth-order valence-corrected chi connectivity index (χ4v) is 3.85. The lowest BCUT2D eigenvalue weighted by atomic mass is 9.55. The minimum atomic E-state index is -1.30. The number of carbonyl (C=O) groups excluding carboxylic acids is 1. The van der Waals surface area contributed by atoms with Crippen LogP contribution >= 0.6 is 0 Å². The SMILES string of the molecule is CCC(C)(C)CC=CC(C)(CC)C(C)(C)CC(C)(CC)C(C)(O)C(C)=O. The quantitative estimate of drug-likeness (QED) is 0.401. The summed E-state index contributed by atoms with van der Waals surface area (Å²) in [7, 11) is 0. The second-order valence-electron chi connectivity index (χ2n) is 10.5. The number of rotatable bonds is 11. The van der Waals surface area contributed by atoms with E-state index in [9.17, 15) is 9.90 Å². The molecule has 0 aliphatic carbocycles. The van der Waals surface area contributed by atoms with Gasteiger partial charge in [-0.3, -0.25) is 4.79 Å². The molecule has 0 spiro atoms. The van der Waals surface area contributed by atoms with Gasteiger partial charge in [0.2, 0.25) is 0 Å².